The lowest BCUT2D eigenvalue weighted by atomic mass is 10.2. The topological polar surface area (TPSA) is 136 Å². The van der Waals surface area contributed by atoms with Gasteiger partial charge in [-0.3, -0.25) is 4.79 Å². The van der Waals surface area contributed by atoms with Gasteiger partial charge in [-0.2, -0.15) is 0 Å². The molecule has 1 aromatic heterocycles. The van der Waals surface area contributed by atoms with E-state index in [4.69, 9.17) is 4.74 Å². The average molecular weight is 394 g/mol. The molecule has 0 aliphatic carbocycles. The number of rotatable bonds is 8. The molecule has 3 N–H and O–H groups in total. The van der Waals surface area contributed by atoms with E-state index in [2.05, 4.69) is 14.8 Å². The molecule has 25 heavy (non-hydrogen) atoms. The van der Waals surface area contributed by atoms with Gasteiger partial charge in [-0.05, 0) is 26.9 Å². The van der Waals surface area contributed by atoms with Gasteiger partial charge in [0.1, 0.15) is 16.3 Å². The van der Waals surface area contributed by atoms with Crippen molar-refractivity contribution in [3.8, 4) is 0 Å². The molecule has 1 fully saturated rings. The maximum Gasteiger partial charge on any atom is 0.243 e. The van der Waals surface area contributed by atoms with Crippen LogP contribution in [0, 0.1) is 0 Å². The molecule has 1 aliphatic rings. The van der Waals surface area contributed by atoms with Crippen molar-refractivity contribution in [3.63, 3.8) is 0 Å². The van der Waals surface area contributed by atoms with Crippen LogP contribution in [0.2, 0.25) is 0 Å². The molecule has 142 valence electrons. The van der Waals surface area contributed by atoms with Gasteiger partial charge in [0.15, 0.2) is 0 Å². The number of ether oxygens (including phenoxy) is 1. The molecule has 0 saturated carbocycles. The lowest BCUT2D eigenvalue weighted by Crippen LogP contribution is -2.33. The second-order valence-corrected chi connectivity index (χ2v) is 9.22. The quantitative estimate of drug-likeness (QED) is 0.496. The van der Waals surface area contributed by atoms with Crippen LogP contribution in [0.5, 0.6) is 0 Å². The average Bonchev–Trinajstić information content (AvgIpc) is 3.23. The zero-order chi connectivity index (χ0) is 18.7. The molecular formula is C13H22N4O6S2. The van der Waals surface area contributed by atoms with Crippen molar-refractivity contribution < 1.29 is 26.4 Å². The molecule has 0 radical (unpaired) electrons. The second-order valence-electron chi connectivity index (χ2n) is 5.51. The Morgan fingerprint density at radius 2 is 1.72 bits per heavy atom. The summed E-state index contributed by atoms with van der Waals surface area (Å²) in [5, 5.41) is 2.69. The van der Waals surface area contributed by atoms with E-state index in [1.165, 1.54) is 18.7 Å². The Bertz CT molecular complexity index is 773. The minimum absolute atomic E-state index is 0.0194. The van der Waals surface area contributed by atoms with Crippen molar-refractivity contribution in [2.45, 2.75) is 35.3 Å². The van der Waals surface area contributed by atoms with Gasteiger partial charge in [0.05, 0.1) is 6.10 Å². The van der Waals surface area contributed by atoms with Gasteiger partial charge in [0.2, 0.25) is 26.0 Å². The first-order chi connectivity index (χ1) is 11.7. The highest BCUT2D eigenvalue weighted by molar-refractivity contribution is 7.92. The fraction of sp³-hybridized carbons (Fsp3) is 0.615. The third-order valence-corrected chi connectivity index (χ3v) is 6.82. The minimum Gasteiger partial charge on any atom is -0.376 e. The van der Waals surface area contributed by atoms with Gasteiger partial charge >= 0.3 is 0 Å². The normalized spacial score (nSPS) is 18.4. The van der Waals surface area contributed by atoms with Crippen molar-refractivity contribution in [2.75, 3.05) is 27.2 Å². The van der Waals surface area contributed by atoms with Gasteiger partial charge in [-0.1, -0.05) is 0 Å². The molecule has 1 aromatic rings. The number of sulfonamides is 2. The number of carbonyl (C=O) groups excluding carboxylic acids is 1. The van der Waals surface area contributed by atoms with E-state index in [0.29, 0.717) is 13.2 Å². The van der Waals surface area contributed by atoms with Crippen LogP contribution < -0.4 is 14.8 Å². The van der Waals surface area contributed by atoms with Gasteiger partial charge in [0.25, 0.3) is 0 Å². The molecule has 0 unspecified atom stereocenters. The van der Waals surface area contributed by atoms with E-state index in [-0.39, 0.29) is 18.6 Å². The predicted octanol–water partition coefficient (Wildman–Crippen LogP) is -1.40. The summed E-state index contributed by atoms with van der Waals surface area (Å²) in [6, 6.07) is 0. The summed E-state index contributed by atoms with van der Waals surface area (Å²) >= 11 is 0. The molecule has 0 aromatic carbocycles. The minimum atomic E-state index is -4.00. The van der Waals surface area contributed by atoms with Crippen LogP contribution in [-0.4, -0.2) is 60.7 Å². The van der Waals surface area contributed by atoms with Crippen LogP contribution in [-0.2, 0) is 36.1 Å². The van der Waals surface area contributed by atoms with Crippen molar-refractivity contribution >= 4 is 26.0 Å². The van der Waals surface area contributed by atoms with Gasteiger partial charge in [-0.25, -0.2) is 26.3 Å². The highest BCUT2D eigenvalue weighted by atomic mass is 32.2. The van der Waals surface area contributed by atoms with Crippen LogP contribution in [0.15, 0.2) is 22.2 Å². The third-order valence-electron chi connectivity index (χ3n) is 3.80. The molecular weight excluding hydrogens is 372 g/mol. The second kappa shape index (κ2) is 7.83. The van der Waals surface area contributed by atoms with Crippen molar-refractivity contribution in [3.05, 3.63) is 12.4 Å². The van der Waals surface area contributed by atoms with Crippen molar-refractivity contribution in [1.82, 2.24) is 19.3 Å². The zero-order valence-corrected chi connectivity index (χ0v) is 15.6. The number of amides is 1. The summed E-state index contributed by atoms with van der Waals surface area (Å²) in [6.45, 7) is 0.830. The molecule has 2 heterocycles. The highest BCUT2D eigenvalue weighted by Gasteiger charge is 2.28. The SMILES string of the molecule is CNS(=O)(=O)c1cn(CC(=O)NC[C@H]2CCCO2)cc1S(=O)(=O)NC. The number of aromatic nitrogens is 1. The van der Waals surface area contributed by atoms with E-state index in [1.54, 1.807) is 0 Å². The Morgan fingerprint density at radius 1 is 1.16 bits per heavy atom. The van der Waals surface area contributed by atoms with E-state index in [9.17, 15) is 21.6 Å². The maximum absolute atomic E-state index is 12.0. The van der Waals surface area contributed by atoms with Crippen LogP contribution in [0.1, 0.15) is 12.8 Å². The van der Waals surface area contributed by atoms with Crippen LogP contribution in [0.4, 0.5) is 0 Å². The van der Waals surface area contributed by atoms with Crippen LogP contribution in [0.25, 0.3) is 0 Å². The molecule has 2 rings (SSSR count). The molecule has 0 bridgehead atoms. The van der Waals surface area contributed by atoms with E-state index in [1.807, 2.05) is 0 Å². The van der Waals surface area contributed by atoms with E-state index < -0.39 is 29.8 Å². The standard InChI is InChI=1S/C13H22N4O6S2/c1-14-24(19,20)11-7-17(8-12(11)25(21,22)15-2)9-13(18)16-6-10-4-3-5-23-10/h7-8,10,14-15H,3-6,9H2,1-2H3,(H,16,18)/t10-/m1/s1. The number of carbonyl (C=O) groups is 1. The highest BCUT2D eigenvalue weighted by Crippen LogP contribution is 2.21. The first-order valence-electron chi connectivity index (χ1n) is 7.65. The zero-order valence-electron chi connectivity index (χ0n) is 14.0. The van der Waals surface area contributed by atoms with Crippen LogP contribution in [0.3, 0.4) is 0 Å². The maximum atomic E-state index is 12.0. The van der Waals surface area contributed by atoms with Crippen LogP contribution >= 0.6 is 0 Å². The summed E-state index contributed by atoms with van der Waals surface area (Å²) in [7, 11) is -5.65. The fourth-order valence-electron chi connectivity index (χ4n) is 2.44. The Balaban J connectivity index is 2.18. The van der Waals surface area contributed by atoms with Crippen molar-refractivity contribution in [1.29, 1.82) is 0 Å². The Morgan fingerprint density at radius 3 is 2.16 bits per heavy atom. The number of hydrogen-bond donors (Lipinski definition) is 3. The van der Waals surface area contributed by atoms with Gasteiger partial charge in [0, 0.05) is 25.5 Å². The van der Waals surface area contributed by atoms with E-state index in [0.717, 1.165) is 25.2 Å². The summed E-state index contributed by atoms with van der Waals surface area (Å²) in [6.07, 6.45) is 4.03. The molecule has 10 nitrogen and oxygen atoms in total. The first-order valence-corrected chi connectivity index (χ1v) is 10.6. The summed E-state index contributed by atoms with van der Waals surface area (Å²) < 4.78 is 59.0. The summed E-state index contributed by atoms with van der Waals surface area (Å²) in [5.41, 5.74) is 0. The molecule has 0 spiro atoms. The van der Waals surface area contributed by atoms with Gasteiger partial charge < -0.3 is 14.6 Å². The lowest BCUT2D eigenvalue weighted by Gasteiger charge is -2.11. The van der Waals surface area contributed by atoms with E-state index >= 15 is 0 Å². The molecule has 1 atom stereocenters. The summed E-state index contributed by atoms with van der Waals surface area (Å²) in [5.74, 6) is -0.368. The molecule has 1 amide bonds. The Hall–Kier alpha value is -1.47. The summed E-state index contributed by atoms with van der Waals surface area (Å²) in [4.78, 5) is 11.2. The molecule has 1 saturated heterocycles. The third kappa shape index (κ3) is 4.79. The fourth-order valence-corrected chi connectivity index (χ4v) is 4.72. The van der Waals surface area contributed by atoms with Crippen molar-refractivity contribution in [2.24, 2.45) is 0 Å². The van der Waals surface area contributed by atoms with Gasteiger partial charge in [-0.15, -0.1) is 0 Å². The largest absolute Gasteiger partial charge is 0.376 e. The Labute approximate surface area is 147 Å². The first kappa shape index (κ1) is 19.8. The number of hydrogen-bond acceptors (Lipinski definition) is 6. The molecule has 12 heteroatoms. The number of nitrogens with one attached hydrogen (secondary N) is 3. The lowest BCUT2D eigenvalue weighted by molar-refractivity contribution is -0.122. The molecule has 1 aliphatic heterocycles. The monoisotopic (exact) mass is 394 g/mol. The Kier molecular flexibility index (Phi) is 6.21. The predicted molar refractivity (Wildman–Crippen MR) is 88.9 cm³/mol. The smallest absolute Gasteiger partial charge is 0.243 e. The number of nitrogens with zero attached hydrogens (tertiary/aromatic N) is 1.